The van der Waals surface area contributed by atoms with Gasteiger partial charge in [-0.15, -0.1) is 0 Å². The van der Waals surface area contributed by atoms with Gasteiger partial charge in [-0.1, -0.05) is 12.1 Å². The number of rotatable bonds is 2. The van der Waals surface area contributed by atoms with Gasteiger partial charge in [0, 0.05) is 6.07 Å². The van der Waals surface area contributed by atoms with Crippen LogP contribution in [0.15, 0.2) is 18.2 Å². The zero-order valence-electron chi connectivity index (χ0n) is 6.61. The topological polar surface area (TPSA) is 9.23 Å². The fourth-order valence-electron chi connectivity index (χ4n) is 0.831. The van der Waals surface area contributed by atoms with Crippen LogP contribution >= 0.6 is 0 Å². The number of para-hydroxylation sites is 1. The maximum atomic E-state index is 12.2. The molecule has 77 valence electrons. The van der Waals surface area contributed by atoms with Gasteiger partial charge < -0.3 is 4.74 Å². The molecule has 0 aliphatic heterocycles. The Morgan fingerprint density at radius 1 is 1.29 bits per heavy atom. The van der Waals surface area contributed by atoms with Crippen LogP contribution in [0.3, 0.4) is 0 Å². The lowest BCUT2D eigenvalue weighted by Gasteiger charge is -2.12. The highest BCUT2D eigenvalue weighted by molar-refractivity contribution is 5.34. The van der Waals surface area contributed by atoms with Gasteiger partial charge in [-0.3, -0.25) is 0 Å². The lowest BCUT2D eigenvalue weighted by atomic mass is 10.2. The van der Waals surface area contributed by atoms with Gasteiger partial charge in [-0.2, -0.15) is 22.0 Å². The first-order chi connectivity index (χ1) is 6.41. The van der Waals surface area contributed by atoms with Crippen LogP contribution in [-0.4, -0.2) is 6.61 Å². The third-order valence-corrected chi connectivity index (χ3v) is 1.33. The highest BCUT2D eigenvalue weighted by Crippen LogP contribution is 2.36. The third kappa shape index (κ3) is 2.58. The van der Waals surface area contributed by atoms with Gasteiger partial charge in [0.2, 0.25) is 0 Å². The Morgan fingerprint density at radius 2 is 1.93 bits per heavy atom. The molecule has 0 N–H and O–H groups in total. The van der Waals surface area contributed by atoms with Crippen LogP contribution in [0.25, 0.3) is 0 Å². The van der Waals surface area contributed by atoms with Crippen LogP contribution < -0.4 is 4.74 Å². The molecule has 0 fully saturated rings. The molecule has 1 aromatic carbocycles. The Kier molecular flexibility index (Phi) is 2.93. The molecule has 0 heterocycles. The van der Waals surface area contributed by atoms with Crippen LogP contribution in [0, 0.1) is 6.07 Å². The van der Waals surface area contributed by atoms with E-state index in [1.807, 2.05) is 6.07 Å². The van der Waals surface area contributed by atoms with Crippen molar-refractivity contribution in [1.82, 2.24) is 0 Å². The normalized spacial score (nSPS) is 11.9. The first kappa shape index (κ1) is 10.7. The van der Waals surface area contributed by atoms with Crippen molar-refractivity contribution in [3.05, 3.63) is 29.8 Å². The Balaban J connectivity index is 3.04. The number of hydrogen-bond donors (Lipinski definition) is 0. The highest BCUT2D eigenvalue weighted by Gasteiger charge is 2.34. The van der Waals surface area contributed by atoms with Crippen molar-refractivity contribution in [1.29, 1.82) is 0 Å². The van der Waals surface area contributed by atoms with E-state index in [2.05, 4.69) is 4.74 Å². The number of hydrogen-bond acceptors (Lipinski definition) is 1. The molecule has 0 saturated heterocycles. The van der Waals surface area contributed by atoms with E-state index in [-0.39, 0.29) is 0 Å². The molecule has 14 heavy (non-hydrogen) atoms. The zero-order valence-corrected chi connectivity index (χ0v) is 6.61. The molecule has 0 atom stereocenters. The molecule has 0 saturated carbocycles. The second-order valence-electron chi connectivity index (χ2n) is 2.29. The molecular weight excluding hydrogens is 207 g/mol. The smallest absolute Gasteiger partial charge is 0.419 e. The summed E-state index contributed by atoms with van der Waals surface area (Å²) in [7, 11) is 0. The monoisotopic (exact) mass is 211 g/mol. The summed E-state index contributed by atoms with van der Waals surface area (Å²) in [6.07, 6.45) is -4.72. The van der Waals surface area contributed by atoms with Crippen molar-refractivity contribution in [2.75, 3.05) is 0 Å². The lowest BCUT2D eigenvalue weighted by molar-refractivity contribution is -0.141. The Labute approximate surface area is 76.1 Å². The summed E-state index contributed by atoms with van der Waals surface area (Å²) in [5.74, 6) is -0.991. The molecule has 0 aromatic heterocycles. The predicted octanol–water partition coefficient (Wildman–Crippen LogP) is 3.11. The van der Waals surface area contributed by atoms with E-state index in [1.165, 1.54) is 0 Å². The first-order valence-electron chi connectivity index (χ1n) is 3.44. The Hall–Kier alpha value is -1.33. The molecule has 1 radical (unpaired) electrons. The number of alkyl halides is 5. The van der Waals surface area contributed by atoms with Gasteiger partial charge >= 0.3 is 12.8 Å². The summed E-state index contributed by atoms with van der Waals surface area (Å²) < 4.78 is 63.5. The SMILES string of the molecule is FC(F)Oc1[c]cccc1C(F)(F)F. The zero-order chi connectivity index (χ0) is 10.8. The molecule has 1 nitrogen and oxygen atoms in total. The van der Waals surface area contributed by atoms with Crippen molar-refractivity contribution in [2.24, 2.45) is 0 Å². The molecule has 1 aromatic rings. The van der Waals surface area contributed by atoms with Crippen molar-refractivity contribution in [3.8, 4) is 5.75 Å². The van der Waals surface area contributed by atoms with Crippen molar-refractivity contribution in [3.63, 3.8) is 0 Å². The lowest BCUT2D eigenvalue weighted by Crippen LogP contribution is -2.11. The van der Waals surface area contributed by atoms with Gasteiger partial charge in [-0.25, -0.2) is 0 Å². The standard InChI is InChI=1S/C8H4F5O/c9-7(10)14-6-4-2-1-3-5(6)8(11,12)13/h1-3,7H. The predicted molar refractivity (Wildman–Crippen MR) is 36.9 cm³/mol. The molecule has 0 bridgehead atoms. The quantitative estimate of drug-likeness (QED) is 0.683. The molecule has 0 aliphatic carbocycles. The first-order valence-corrected chi connectivity index (χ1v) is 3.44. The second kappa shape index (κ2) is 3.81. The van der Waals surface area contributed by atoms with E-state index in [0.29, 0.717) is 6.07 Å². The Morgan fingerprint density at radius 3 is 2.43 bits per heavy atom. The van der Waals surface area contributed by atoms with Crippen LogP contribution in [0.4, 0.5) is 22.0 Å². The van der Waals surface area contributed by atoms with E-state index >= 15 is 0 Å². The van der Waals surface area contributed by atoms with E-state index in [4.69, 9.17) is 0 Å². The average Bonchev–Trinajstić information content (AvgIpc) is 2.01. The maximum absolute atomic E-state index is 12.2. The van der Waals surface area contributed by atoms with Crippen LogP contribution in [0.5, 0.6) is 5.75 Å². The number of ether oxygens (including phenoxy) is 1. The largest absolute Gasteiger partial charge is 0.434 e. The number of halogens is 5. The summed E-state index contributed by atoms with van der Waals surface area (Å²) in [5.41, 5.74) is -1.26. The van der Waals surface area contributed by atoms with Gasteiger partial charge in [-0.05, 0) is 6.07 Å². The van der Waals surface area contributed by atoms with E-state index in [9.17, 15) is 22.0 Å². The number of benzene rings is 1. The summed E-state index contributed by atoms with van der Waals surface area (Å²) in [5, 5.41) is 0. The minimum atomic E-state index is -4.72. The van der Waals surface area contributed by atoms with Gasteiger partial charge in [0.05, 0.1) is 5.56 Å². The van der Waals surface area contributed by atoms with E-state index in [1.54, 1.807) is 0 Å². The van der Waals surface area contributed by atoms with E-state index in [0.717, 1.165) is 12.1 Å². The minimum absolute atomic E-state index is 0.647. The Bertz CT molecular complexity index is 307. The maximum Gasteiger partial charge on any atom is 0.419 e. The van der Waals surface area contributed by atoms with Gasteiger partial charge in [0.25, 0.3) is 0 Å². The minimum Gasteiger partial charge on any atom is -0.434 e. The molecule has 0 unspecified atom stereocenters. The van der Waals surface area contributed by atoms with Crippen LogP contribution in [0.2, 0.25) is 0 Å². The summed E-state index contributed by atoms with van der Waals surface area (Å²) in [4.78, 5) is 0. The fourth-order valence-corrected chi connectivity index (χ4v) is 0.831. The van der Waals surface area contributed by atoms with E-state index < -0.39 is 24.1 Å². The highest BCUT2D eigenvalue weighted by atomic mass is 19.4. The molecular formula is C8H4F5O. The molecule has 0 amide bonds. The second-order valence-corrected chi connectivity index (χ2v) is 2.29. The molecule has 0 aliphatic rings. The summed E-state index contributed by atoms with van der Waals surface area (Å²) in [6, 6.07) is 4.70. The summed E-state index contributed by atoms with van der Waals surface area (Å²) in [6.45, 7) is -3.30. The van der Waals surface area contributed by atoms with Crippen LogP contribution in [0.1, 0.15) is 5.56 Å². The van der Waals surface area contributed by atoms with Gasteiger partial charge in [0.1, 0.15) is 5.75 Å². The average molecular weight is 211 g/mol. The molecule has 0 spiro atoms. The van der Waals surface area contributed by atoms with Crippen LogP contribution in [-0.2, 0) is 6.18 Å². The van der Waals surface area contributed by atoms with Crippen molar-refractivity contribution >= 4 is 0 Å². The molecule has 1 rings (SSSR count). The summed E-state index contributed by atoms with van der Waals surface area (Å²) >= 11 is 0. The fraction of sp³-hybridized carbons (Fsp3) is 0.250. The molecule has 6 heteroatoms. The van der Waals surface area contributed by atoms with Gasteiger partial charge in [0.15, 0.2) is 0 Å². The third-order valence-electron chi connectivity index (χ3n) is 1.33. The van der Waals surface area contributed by atoms with Crippen molar-refractivity contribution in [2.45, 2.75) is 12.8 Å². The van der Waals surface area contributed by atoms with Crippen molar-refractivity contribution < 1.29 is 26.7 Å².